The van der Waals surface area contributed by atoms with Crippen LogP contribution >= 0.6 is 11.8 Å². The number of thioether (sulfide) groups is 1. The highest BCUT2D eigenvalue weighted by molar-refractivity contribution is 7.99. The number of rotatable bonds is 7. The van der Waals surface area contributed by atoms with E-state index in [9.17, 15) is 0 Å². The molecule has 1 aromatic heterocycles. The van der Waals surface area contributed by atoms with Gasteiger partial charge in [-0.3, -0.25) is 0 Å². The van der Waals surface area contributed by atoms with Crippen molar-refractivity contribution in [2.45, 2.75) is 32.4 Å². The van der Waals surface area contributed by atoms with Crippen molar-refractivity contribution in [1.29, 1.82) is 0 Å². The van der Waals surface area contributed by atoms with E-state index in [1.54, 1.807) is 0 Å². The molecule has 0 fully saturated rings. The van der Waals surface area contributed by atoms with E-state index in [1.807, 2.05) is 17.8 Å². The Balaban J connectivity index is 1.72. The Kier molecular flexibility index (Phi) is 5.07. The van der Waals surface area contributed by atoms with Gasteiger partial charge < -0.3 is 9.88 Å². The summed E-state index contributed by atoms with van der Waals surface area (Å²) >= 11 is 1.90. The van der Waals surface area contributed by atoms with Gasteiger partial charge in [0, 0.05) is 31.0 Å². The first-order chi connectivity index (χ1) is 8.42. The Bertz CT molecular complexity index is 361. The molecule has 1 aliphatic rings. The lowest BCUT2D eigenvalue weighted by molar-refractivity contribution is 0.499. The van der Waals surface area contributed by atoms with E-state index in [4.69, 9.17) is 0 Å². The first-order valence-electron chi connectivity index (χ1n) is 6.22. The molecule has 1 aliphatic heterocycles. The van der Waals surface area contributed by atoms with Gasteiger partial charge in [-0.15, -0.1) is 16.8 Å². The van der Waals surface area contributed by atoms with Gasteiger partial charge in [-0.25, -0.2) is 0 Å². The molecule has 1 aromatic rings. The fourth-order valence-corrected chi connectivity index (χ4v) is 2.63. The normalized spacial score (nSPS) is 14.6. The Morgan fingerprint density at radius 3 is 3.24 bits per heavy atom. The average molecular weight is 252 g/mol. The van der Waals surface area contributed by atoms with Gasteiger partial charge in [0.2, 0.25) is 0 Å². The van der Waals surface area contributed by atoms with Crippen LogP contribution in [-0.4, -0.2) is 32.8 Å². The zero-order chi connectivity index (χ0) is 11.9. The van der Waals surface area contributed by atoms with Gasteiger partial charge >= 0.3 is 0 Å². The van der Waals surface area contributed by atoms with E-state index in [0.717, 1.165) is 49.2 Å². The van der Waals surface area contributed by atoms with Crippen LogP contribution in [0, 0.1) is 0 Å². The average Bonchev–Trinajstić information content (AvgIpc) is 2.77. The number of fused-ring (bicyclic) bond motifs is 1. The molecule has 0 saturated carbocycles. The Morgan fingerprint density at radius 2 is 2.35 bits per heavy atom. The fourth-order valence-electron chi connectivity index (χ4n) is 2.01. The molecule has 0 aromatic carbocycles. The van der Waals surface area contributed by atoms with Gasteiger partial charge in [-0.05, 0) is 12.8 Å². The van der Waals surface area contributed by atoms with Gasteiger partial charge in [0.25, 0.3) is 0 Å². The fraction of sp³-hybridized carbons (Fsp3) is 0.667. The minimum Gasteiger partial charge on any atom is -0.314 e. The minimum absolute atomic E-state index is 0.835. The van der Waals surface area contributed by atoms with Gasteiger partial charge in [0.1, 0.15) is 11.6 Å². The van der Waals surface area contributed by atoms with Crippen molar-refractivity contribution in [3.05, 3.63) is 24.3 Å². The molecule has 0 saturated heterocycles. The van der Waals surface area contributed by atoms with Crippen molar-refractivity contribution in [3.63, 3.8) is 0 Å². The van der Waals surface area contributed by atoms with Crippen LogP contribution in [0.1, 0.15) is 24.5 Å². The highest BCUT2D eigenvalue weighted by Gasteiger charge is 2.14. The van der Waals surface area contributed by atoms with Crippen LogP contribution < -0.4 is 5.32 Å². The summed E-state index contributed by atoms with van der Waals surface area (Å²) in [6.07, 6.45) is 5.54. The largest absolute Gasteiger partial charge is 0.314 e. The molecule has 5 heteroatoms. The lowest BCUT2D eigenvalue weighted by Crippen LogP contribution is -2.21. The SMILES string of the molecule is C=CCSCCNCc1nnc2n1CCCC2. The number of aromatic nitrogens is 3. The smallest absolute Gasteiger partial charge is 0.147 e. The van der Waals surface area contributed by atoms with E-state index < -0.39 is 0 Å². The molecule has 0 radical (unpaired) electrons. The van der Waals surface area contributed by atoms with E-state index in [0.29, 0.717) is 0 Å². The molecule has 2 heterocycles. The monoisotopic (exact) mass is 252 g/mol. The number of aryl methyl sites for hydroxylation is 1. The second-order valence-corrected chi connectivity index (χ2v) is 5.33. The minimum atomic E-state index is 0.835. The molecule has 0 atom stereocenters. The quantitative estimate of drug-likeness (QED) is 0.591. The standard InChI is InChI=1S/C12H20N4S/c1-2-8-17-9-6-13-10-12-15-14-11-5-3-4-7-16(11)12/h2,13H,1,3-10H2. The molecule has 0 amide bonds. The van der Waals surface area contributed by atoms with Crippen molar-refractivity contribution in [1.82, 2.24) is 20.1 Å². The predicted octanol–water partition coefficient (Wildman–Crippen LogP) is 1.62. The summed E-state index contributed by atoms with van der Waals surface area (Å²) in [4.78, 5) is 0. The highest BCUT2D eigenvalue weighted by atomic mass is 32.2. The maximum atomic E-state index is 4.26. The summed E-state index contributed by atoms with van der Waals surface area (Å²) in [5.74, 6) is 4.40. The molecule has 17 heavy (non-hydrogen) atoms. The molecule has 0 unspecified atom stereocenters. The zero-order valence-corrected chi connectivity index (χ0v) is 11.0. The first kappa shape index (κ1) is 12.6. The Hall–Kier alpha value is -0.810. The maximum Gasteiger partial charge on any atom is 0.147 e. The van der Waals surface area contributed by atoms with Crippen LogP contribution in [0.25, 0.3) is 0 Å². The third-order valence-electron chi connectivity index (χ3n) is 2.88. The molecule has 2 rings (SSSR count). The summed E-state index contributed by atoms with van der Waals surface area (Å²) in [5.41, 5.74) is 0. The molecule has 0 spiro atoms. The molecule has 0 aliphatic carbocycles. The molecular formula is C12H20N4S. The van der Waals surface area contributed by atoms with Crippen LogP contribution in [0.3, 0.4) is 0 Å². The molecule has 0 bridgehead atoms. The van der Waals surface area contributed by atoms with Crippen molar-refractivity contribution < 1.29 is 0 Å². The van der Waals surface area contributed by atoms with E-state index in [-0.39, 0.29) is 0 Å². The number of hydrogen-bond donors (Lipinski definition) is 1. The molecule has 94 valence electrons. The topological polar surface area (TPSA) is 42.7 Å². The molecule has 4 nitrogen and oxygen atoms in total. The summed E-state index contributed by atoms with van der Waals surface area (Å²) in [6, 6.07) is 0. The van der Waals surface area contributed by atoms with Gasteiger partial charge in [-0.2, -0.15) is 11.8 Å². The lowest BCUT2D eigenvalue weighted by atomic mass is 10.2. The van der Waals surface area contributed by atoms with Crippen molar-refractivity contribution in [2.75, 3.05) is 18.1 Å². The summed E-state index contributed by atoms with van der Waals surface area (Å²) in [7, 11) is 0. The van der Waals surface area contributed by atoms with Crippen molar-refractivity contribution in [2.24, 2.45) is 0 Å². The second kappa shape index (κ2) is 6.81. The van der Waals surface area contributed by atoms with Crippen molar-refractivity contribution in [3.8, 4) is 0 Å². The third-order valence-corrected chi connectivity index (χ3v) is 3.84. The van der Waals surface area contributed by atoms with Crippen LogP contribution in [0.4, 0.5) is 0 Å². The van der Waals surface area contributed by atoms with Crippen LogP contribution in [0.5, 0.6) is 0 Å². The second-order valence-electron chi connectivity index (χ2n) is 4.18. The third kappa shape index (κ3) is 3.57. The van der Waals surface area contributed by atoms with Gasteiger partial charge in [0.15, 0.2) is 0 Å². The maximum absolute atomic E-state index is 4.26. The lowest BCUT2D eigenvalue weighted by Gasteiger charge is -2.14. The highest BCUT2D eigenvalue weighted by Crippen LogP contribution is 2.13. The summed E-state index contributed by atoms with van der Waals surface area (Å²) in [5, 5.41) is 11.9. The number of nitrogens with one attached hydrogen (secondary N) is 1. The van der Waals surface area contributed by atoms with Crippen LogP contribution in [0.2, 0.25) is 0 Å². The van der Waals surface area contributed by atoms with E-state index >= 15 is 0 Å². The predicted molar refractivity (Wildman–Crippen MR) is 72.2 cm³/mol. The first-order valence-corrected chi connectivity index (χ1v) is 7.37. The van der Waals surface area contributed by atoms with Crippen LogP contribution in [-0.2, 0) is 19.5 Å². The van der Waals surface area contributed by atoms with E-state index in [2.05, 4.69) is 26.7 Å². The number of hydrogen-bond acceptors (Lipinski definition) is 4. The van der Waals surface area contributed by atoms with Crippen LogP contribution in [0.15, 0.2) is 12.7 Å². The van der Waals surface area contributed by atoms with E-state index in [1.165, 1.54) is 12.8 Å². The summed E-state index contributed by atoms with van der Waals surface area (Å²) < 4.78 is 2.27. The van der Waals surface area contributed by atoms with Gasteiger partial charge in [0.05, 0.1) is 6.54 Å². The van der Waals surface area contributed by atoms with Gasteiger partial charge in [-0.1, -0.05) is 6.08 Å². The van der Waals surface area contributed by atoms with Crippen molar-refractivity contribution >= 4 is 11.8 Å². The Morgan fingerprint density at radius 1 is 1.41 bits per heavy atom. The molecule has 1 N–H and O–H groups in total. The molecular weight excluding hydrogens is 232 g/mol. The Labute approximate surface area is 107 Å². The number of nitrogens with zero attached hydrogens (tertiary/aromatic N) is 3. The zero-order valence-electron chi connectivity index (χ0n) is 10.2. The summed E-state index contributed by atoms with van der Waals surface area (Å²) in [6.45, 7) is 6.64.